The summed E-state index contributed by atoms with van der Waals surface area (Å²) in [7, 11) is 1.65. The quantitative estimate of drug-likeness (QED) is 0.755. The summed E-state index contributed by atoms with van der Waals surface area (Å²) in [5.41, 5.74) is 7.16. The van der Waals surface area contributed by atoms with Crippen LogP contribution in [0.5, 0.6) is 0 Å². The summed E-state index contributed by atoms with van der Waals surface area (Å²) in [5.74, 6) is 0.0594. The van der Waals surface area contributed by atoms with Gasteiger partial charge in [0.2, 0.25) is 5.91 Å². The fourth-order valence-corrected chi connectivity index (χ4v) is 1.77. The number of ether oxygens (including phenoxy) is 1. The van der Waals surface area contributed by atoms with E-state index in [4.69, 9.17) is 10.5 Å². The zero-order valence-corrected chi connectivity index (χ0v) is 11.8. The molecule has 0 bridgehead atoms. The molecule has 0 aliphatic heterocycles. The van der Waals surface area contributed by atoms with Crippen molar-refractivity contribution in [1.82, 2.24) is 5.32 Å². The summed E-state index contributed by atoms with van der Waals surface area (Å²) < 4.78 is 5.10. The van der Waals surface area contributed by atoms with Crippen LogP contribution in [-0.4, -0.2) is 25.7 Å². The third-order valence-electron chi connectivity index (χ3n) is 3.19. The molecule has 19 heavy (non-hydrogen) atoms. The van der Waals surface area contributed by atoms with Crippen LogP contribution in [0.2, 0.25) is 0 Å². The Balaban J connectivity index is 2.18. The summed E-state index contributed by atoms with van der Waals surface area (Å²) in [6.07, 6.45) is 2.11. The molecular weight excluding hydrogens is 240 g/mol. The topological polar surface area (TPSA) is 64.3 Å². The lowest BCUT2D eigenvalue weighted by Crippen LogP contribution is -2.27. The Morgan fingerprint density at radius 3 is 2.63 bits per heavy atom. The van der Waals surface area contributed by atoms with E-state index in [0.29, 0.717) is 13.0 Å². The molecule has 1 aromatic carbocycles. The fourth-order valence-electron chi connectivity index (χ4n) is 1.77. The van der Waals surface area contributed by atoms with Crippen LogP contribution in [0.25, 0.3) is 0 Å². The monoisotopic (exact) mass is 264 g/mol. The molecule has 1 amide bonds. The van der Waals surface area contributed by atoms with Crippen molar-refractivity contribution in [3.05, 3.63) is 35.9 Å². The van der Waals surface area contributed by atoms with Gasteiger partial charge in [0, 0.05) is 26.1 Å². The number of amides is 1. The second kappa shape index (κ2) is 8.67. The lowest BCUT2D eigenvalue weighted by atomic mass is 10.1. The van der Waals surface area contributed by atoms with Crippen LogP contribution >= 0.6 is 0 Å². The number of methoxy groups -OCH3 is 1. The molecule has 106 valence electrons. The molecule has 0 aliphatic rings. The molecule has 2 unspecified atom stereocenters. The molecule has 2 atom stereocenters. The van der Waals surface area contributed by atoms with Crippen LogP contribution < -0.4 is 11.1 Å². The highest BCUT2D eigenvalue weighted by Gasteiger charge is 2.08. The Morgan fingerprint density at radius 1 is 1.32 bits per heavy atom. The van der Waals surface area contributed by atoms with Crippen molar-refractivity contribution in [1.29, 1.82) is 0 Å². The first-order valence-electron chi connectivity index (χ1n) is 6.73. The maximum Gasteiger partial charge on any atom is 0.220 e. The molecular formula is C15H24N2O2. The molecule has 4 heteroatoms. The van der Waals surface area contributed by atoms with Crippen LogP contribution in [0, 0.1) is 0 Å². The predicted octanol–water partition coefficient (Wildman–Crippen LogP) is 2.01. The van der Waals surface area contributed by atoms with E-state index in [0.717, 1.165) is 18.4 Å². The number of carbonyl (C=O) groups is 1. The zero-order valence-electron chi connectivity index (χ0n) is 11.8. The third kappa shape index (κ3) is 6.36. The van der Waals surface area contributed by atoms with E-state index in [1.54, 1.807) is 7.11 Å². The number of rotatable bonds is 8. The van der Waals surface area contributed by atoms with Gasteiger partial charge < -0.3 is 15.8 Å². The van der Waals surface area contributed by atoms with Gasteiger partial charge in [-0.15, -0.1) is 0 Å². The number of nitrogens with one attached hydrogen (secondary N) is 1. The summed E-state index contributed by atoms with van der Waals surface area (Å²) in [6, 6.07) is 9.90. The standard InChI is InChI=1S/C15H24N2O2/c1-12(19-2)8-9-15(18)17-11-10-14(16)13-6-4-3-5-7-13/h3-7,12,14H,8-11,16H2,1-2H3,(H,17,18). The smallest absolute Gasteiger partial charge is 0.220 e. The lowest BCUT2D eigenvalue weighted by molar-refractivity contribution is -0.121. The van der Waals surface area contributed by atoms with Gasteiger partial charge in [-0.25, -0.2) is 0 Å². The van der Waals surface area contributed by atoms with Gasteiger partial charge in [-0.2, -0.15) is 0 Å². The zero-order chi connectivity index (χ0) is 14.1. The fraction of sp³-hybridized carbons (Fsp3) is 0.533. The van der Waals surface area contributed by atoms with Gasteiger partial charge >= 0.3 is 0 Å². The first-order valence-corrected chi connectivity index (χ1v) is 6.73. The number of carbonyl (C=O) groups excluding carboxylic acids is 1. The van der Waals surface area contributed by atoms with Gasteiger partial charge in [0.25, 0.3) is 0 Å². The molecule has 0 saturated heterocycles. The first kappa shape index (κ1) is 15.7. The minimum absolute atomic E-state index is 0.0283. The lowest BCUT2D eigenvalue weighted by Gasteiger charge is -2.13. The summed E-state index contributed by atoms with van der Waals surface area (Å²) in [6.45, 7) is 2.56. The number of nitrogens with two attached hydrogens (primary N) is 1. The van der Waals surface area contributed by atoms with Crippen LogP contribution in [-0.2, 0) is 9.53 Å². The van der Waals surface area contributed by atoms with Gasteiger partial charge in [0.05, 0.1) is 6.10 Å². The van der Waals surface area contributed by atoms with Crippen molar-refractivity contribution in [3.63, 3.8) is 0 Å². The maximum atomic E-state index is 11.6. The molecule has 4 nitrogen and oxygen atoms in total. The molecule has 0 saturated carbocycles. The van der Waals surface area contributed by atoms with Gasteiger partial charge in [-0.3, -0.25) is 4.79 Å². The second-order valence-corrected chi connectivity index (χ2v) is 4.74. The van der Waals surface area contributed by atoms with E-state index < -0.39 is 0 Å². The third-order valence-corrected chi connectivity index (χ3v) is 3.19. The Hall–Kier alpha value is -1.39. The van der Waals surface area contributed by atoms with Gasteiger partial charge in [-0.05, 0) is 25.3 Å². The Morgan fingerprint density at radius 2 is 2.00 bits per heavy atom. The highest BCUT2D eigenvalue weighted by molar-refractivity contribution is 5.75. The van der Waals surface area contributed by atoms with E-state index in [9.17, 15) is 4.79 Å². The van der Waals surface area contributed by atoms with E-state index in [-0.39, 0.29) is 18.1 Å². The highest BCUT2D eigenvalue weighted by Crippen LogP contribution is 2.12. The second-order valence-electron chi connectivity index (χ2n) is 4.74. The molecule has 1 rings (SSSR count). The molecule has 0 radical (unpaired) electrons. The average Bonchev–Trinajstić information content (AvgIpc) is 2.45. The highest BCUT2D eigenvalue weighted by atomic mass is 16.5. The molecule has 0 fully saturated rings. The van der Waals surface area contributed by atoms with Crippen molar-refractivity contribution in [3.8, 4) is 0 Å². The Kier molecular flexibility index (Phi) is 7.15. The number of hydrogen-bond donors (Lipinski definition) is 2. The van der Waals surface area contributed by atoms with Crippen LogP contribution in [0.3, 0.4) is 0 Å². The molecule has 0 aliphatic carbocycles. The maximum absolute atomic E-state index is 11.6. The molecule has 0 aromatic heterocycles. The van der Waals surface area contributed by atoms with Gasteiger partial charge in [0.15, 0.2) is 0 Å². The summed E-state index contributed by atoms with van der Waals surface area (Å²) in [5, 5.41) is 2.89. The average molecular weight is 264 g/mol. The van der Waals surface area contributed by atoms with E-state index in [1.165, 1.54) is 0 Å². The van der Waals surface area contributed by atoms with Crippen molar-refractivity contribution in [2.45, 2.75) is 38.3 Å². The van der Waals surface area contributed by atoms with E-state index >= 15 is 0 Å². The Labute approximate surface area is 115 Å². The number of hydrogen-bond acceptors (Lipinski definition) is 3. The first-order chi connectivity index (χ1) is 9.13. The van der Waals surface area contributed by atoms with Gasteiger partial charge in [-0.1, -0.05) is 30.3 Å². The minimum atomic E-state index is -0.0283. The van der Waals surface area contributed by atoms with Crippen molar-refractivity contribution in [2.75, 3.05) is 13.7 Å². The van der Waals surface area contributed by atoms with Crippen LogP contribution in [0.1, 0.15) is 37.8 Å². The predicted molar refractivity (Wildman–Crippen MR) is 76.7 cm³/mol. The molecule has 0 spiro atoms. The van der Waals surface area contributed by atoms with Crippen molar-refractivity contribution < 1.29 is 9.53 Å². The van der Waals surface area contributed by atoms with Crippen molar-refractivity contribution >= 4 is 5.91 Å². The largest absolute Gasteiger partial charge is 0.382 e. The molecule has 3 N–H and O–H groups in total. The summed E-state index contributed by atoms with van der Waals surface area (Å²) >= 11 is 0. The summed E-state index contributed by atoms with van der Waals surface area (Å²) in [4.78, 5) is 11.6. The van der Waals surface area contributed by atoms with Crippen LogP contribution in [0.15, 0.2) is 30.3 Å². The number of benzene rings is 1. The molecule has 0 heterocycles. The SMILES string of the molecule is COC(C)CCC(=O)NCCC(N)c1ccccc1. The van der Waals surface area contributed by atoms with E-state index in [1.807, 2.05) is 37.3 Å². The van der Waals surface area contributed by atoms with Crippen molar-refractivity contribution in [2.24, 2.45) is 5.73 Å². The minimum Gasteiger partial charge on any atom is -0.382 e. The normalized spacial score (nSPS) is 13.8. The Bertz CT molecular complexity index is 368. The van der Waals surface area contributed by atoms with Gasteiger partial charge in [0.1, 0.15) is 0 Å². The van der Waals surface area contributed by atoms with Crippen LogP contribution in [0.4, 0.5) is 0 Å². The van der Waals surface area contributed by atoms with E-state index in [2.05, 4.69) is 5.32 Å². The molecule has 1 aromatic rings.